The third kappa shape index (κ3) is 5.51. The fourth-order valence-electron chi connectivity index (χ4n) is 4.07. The molecule has 2 aromatic carbocycles. The Hall–Kier alpha value is -2.70. The number of hydrogen-bond acceptors (Lipinski definition) is 5. The Balaban J connectivity index is 1.38. The van der Waals surface area contributed by atoms with Gasteiger partial charge in [-0.2, -0.15) is 0 Å². The Kier molecular flexibility index (Phi) is 6.99. The molecule has 4 rings (SSSR count). The van der Waals surface area contributed by atoms with Crippen molar-refractivity contribution >= 4 is 17.2 Å². The molecule has 1 unspecified atom stereocenters. The van der Waals surface area contributed by atoms with E-state index in [9.17, 15) is 4.79 Å². The van der Waals surface area contributed by atoms with E-state index in [0.29, 0.717) is 13.0 Å². The molecule has 31 heavy (non-hydrogen) atoms. The quantitative estimate of drug-likeness (QED) is 0.561. The fourth-order valence-corrected chi connectivity index (χ4v) is 4.89. The van der Waals surface area contributed by atoms with Crippen molar-refractivity contribution in [1.82, 2.24) is 15.2 Å². The molecule has 1 aliphatic heterocycles. The second-order valence-electron chi connectivity index (χ2n) is 8.03. The highest BCUT2D eigenvalue weighted by atomic mass is 32.1. The molecule has 0 spiro atoms. The van der Waals surface area contributed by atoms with Crippen molar-refractivity contribution in [2.45, 2.75) is 32.2 Å². The number of ether oxygens (including phenoxy) is 1. The summed E-state index contributed by atoms with van der Waals surface area (Å²) in [6.45, 7) is 4.81. The lowest BCUT2D eigenvalue weighted by atomic mass is 10.1. The lowest BCUT2D eigenvalue weighted by Gasteiger charge is -2.28. The predicted molar refractivity (Wildman–Crippen MR) is 126 cm³/mol. The van der Waals surface area contributed by atoms with Crippen LogP contribution in [0.5, 0.6) is 5.75 Å². The van der Waals surface area contributed by atoms with Crippen molar-refractivity contribution in [2.24, 2.45) is 0 Å². The van der Waals surface area contributed by atoms with Gasteiger partial charge in [-0.25, -0.2) is 4.98 Å². The average molecular weight is 436 g/mol. The Morgan fingerprint density at radius 2 is 1.97 bits per heavy atom. The Bertz CT molecular complexity index is 1010. The van der Waals surface area contributed by atoms with Crippen LogP contribution in [0.4, 0.5) is 0 Å². The molecule has 1 atom stereocenters. The van der Waals surface area contributed by atoms with Gasteiger partial charge in [0.05, 0.1) is 25.3 Å². The number of amides is 1. The first-order valence-corrected chi connectivity index (χ1v) is 11.7. The van der Waals surface area contributed by atoms with Crippen LogP contribution in [0.1, 0.15) is 35.7 Å². The predicted octanol–water partition coefficient (Wildman–Crippen LogP) is 4.62. The average Bonchev–Trinajstić information content (AvgIpc) is 3.47. The minimum absolute atomic E-state index is 0.0128. The van der Waals surface area contributed by atoms with Gasteiger partial charge in [-0.3, -0.25) is 9.69 Å². The van der Waals surface area contributed by atoms with Crippen LogP contribution in [0.2, 0.25) is 0 Å². The van der Waals surface area contributed by atoms with Crippen LogP contribution in [0.25, 0.3) is 10.6 Å². The van der Waals surface area contributed by atoms with E-state index >= 15 is 0 Å². The van der Waals surface area contributed by atoms with E-state index in [0.717, 1.165) is 35.1 Å². The van der Waals surface area contributed by atoms with E-state index in [1.807, 2.05) is 23.6 Å². The standard InChI is InChI=1S/C25H29N3O2S/c1-18-6-5-7-20(14-18)25-27-21(17-31-25)15-24(29)26-16-23(28-12-3-4-13-28)19-8-10-22(30-2)11-9-19/h5-11,14,17,23H,3-4,12-13,15-16H2,1-2H3,(H,26,29). The molecular formula is C25H29N3O2S. The van der Waals surface area contributed by atoms with Gasteiger partial charge in [-0.15, -0.1) is 11.3 Å². The van der Waals surface area contributed by atoms with Crippen molar-refractivity contribution in [2.75, 3.05) is 26.7 Å². The highest BCUT2D eigenvalue weighted by Crippen LogP contribution is 2.27. The summed E-state index contributed by atoms with van der Waals surface area (Å²) < 4.78 is 5.29. The molecule has 1 N–H and O–H groups in total. The number of carbonyl (C=O) groups is 1. The maximum Gasteiger partial charge on any atom is 0.226 e. The molecule has 1 aliphatic rings. The van der Waals surface area contributed by atoms with Gasteiger partial charge in [0.1, 0.15) is 10.8 Å². The lowest BCUT2D eigenvalue weighted by molar-refractivity contribution is -0.120. The highest BCUT2D eigenvalue weighted by Gasteiger charge is 2.24. The van der Waals surface area contributed by atoms with Crippen molar-refractivity contribution in [3.8, 4) is 16.3 Å². The Labute approximate surface area is 188 Å². The number of rotatable bonds is 8. The largest absolute Gasteiger partial charge is 0.497 e. The van der Waals surface area contributed by atoms with E-state index in [4.69, 9.17) is 4.74 Å². The number of methoxy groups -OCH3 is 1. The fraction of sp³-hybridized carbons (Fsp3) is 0.360. The van der Waals surface area contributed by atoms with Crippen molar-refractivity contribution in [3.63, 3.8) is 0 Å². The Morgan fingerprint density at radius 3 is 2.68 bits per heavy atom. The van der Waals surface area contributed by atoms with Crippen LogP contribution in [-0.2, 0) is 11.2 Å². The molecule has 0 bridgehead atoms. The summed E-state index contributed by atoms with van der Waals surface area (Å²) in [5.41, 5.74) is 4.34. The summed E-state index contributed by atoms with van der Waals surface area (Å²) in [5, 5.41) is 6.09. The van der Waals surface area contributed by atoms with Crippen molar-refractivity contribution in [3.05, 3.63) is 70.7 Å². The number of aryl methyl sites for hydroxylation is 1. The van der Waals surface area contributed by atoms with Gasteiger partial charge in [0.2, 0.25) is 5.91 Å². The molecule has 1 saturated heterocycles. The molecule has 3 aromatic rings. The van der Waals surface area contributed by atoms with Gasteiger partial charge in [0.25, 0.3) is 0 Å². The number of nitrogens with one attached hydrogen (secondary N) is 1. The number of benzene rings is 2. The maximum atomic E-state index is 12.7. The minimum Gasteiger partial charge on any atom is -0.497 e. The maximum absolute atomic E-state index is 12.7. The zero-order valence-corrected chi connectivity index (χ0v) is 19.0. The number of aromatic nitrogens is 1. The molecule has 0 aliphatic carbocycles. The van der Waals surface area contributed by atoms with E-state index in [2.05, 4.69) is 52.5 Å². The summed E-state index contributed by atoms with van der Waals surface area (Å²) in [4.78, 5) is 19.8. The van der Waals surface area contributed by atoms with Gasteiger partial charge >= 0.3 is 0 Å². The van der Waals surface area contributed by atoms with Crippen LogP contribution < -0.4 is 10.1 Å². The summed E-state index contributed by atoms with van der Waals surface area (Å²) >= 11 is 1.59. The van der Waals surface area contributed by atoms with Gasteiger partial charge in [-0.1, -0.05) is 35.9 Å². The molecule has 0 saturated carbocycles. The van der Waals surface area contributed by atoms with Crippen LogP contribution in [-0.4, -0.2) is 42.5 Å². The molecule has 5 nitrogen and oxygen atoms in total. The number of likely N-dealkylation sites (tertiary alicyclic amines) is 1. The van der Waals surface area contributed by atoms with E-state index in [1.165, 1.54) is 24.0 Å². The zero-order valence-electron chi connectivity index (χ0n) is 18.1. The molecule has 1 aromatic heterocycles. The first-order chi connectivity index (χ1) is 15.1. The monoisotopic (exact) mass is 435 g/mol. The van der Waals surface area contributed by atoms with Gasteiger partial charge in [-0.05, 0) is 56.6 Å². The van der Waals surface area contributed by atoms with Crippen molar-refractivity contribution in [1.29, 1.82) is 0 Å². The van der Waals surface area contributed by atoms with E-state index in [-0.39, 0.29) is 11.9 Å². The second kappa shape index (κ2) is 10.1. The third-order valence-corrected chi connectivity index (χ3v) is 6.67. The smallest absolute Gasteiger partial charge is 0.226 e. The molecule has 1 amide bonds. The van der Waals surface area contributed by atoms with Crippen LogP contribution >= 0.6 is 11.3 Å². The van der Waals surface area contributed by atoms with Crippen LogP contribution in [0.3, 0.4) is 0 Å². The van der Waals surface area contributed by atoms with Gasteiger partial charge < -0.3 is 10.1 Å². The van der Waals surface area contributed by atoms with Gasteiger partial charge in [0.15, 0.2) is 0 Å². The van der Waals surface area contributed by atoms with E-state index in [1.54, 1.807) is 18.4 Å². The zero-order chi connectivity index (χ0) is 21.6. The molecule has 0 radical (unpaired) electrons. The molecule has 162 valence electrons. The summed E-state index contributed by atoms with van der Waals surface area (Å²) in [7, 11) is 1.68. The number of nitrogens with zero attached hydrogens (tertiary/aromatic N) is 2. The van der Waals surface area contributed by atoms with E-state index < -0.39 is 0 Å². The van der Waals surface area contributed by atoms with Gasteiger partial charge in [0, 0.05) is 17.5 Å². The SMILES string of the molecule is COc1ccc(C(CNC(=O)Cc2csc(-c3cccc(C)c3)n2)N2CCCC2)cc1. The van der Waals surface area contributed by atoms with Crippen molar-refractivity contribution < 1.29 is 9.53 Å². The number of carbonyl (C=O) groups excluding carboxylic acids is 1. The summed E-state index contributed by atoms with van der Waals surface area (Å²) in [6, 6.07) is 16.6. The van der Waals surface area contributed by atoms with Crippen LogP contribution in [0.15, 0.2) is 53.9 Å². The minimum atomic E-state index is 0.0128. The number of hydrogen-bond donors (Lipinski definition) is 1. The second-order valence-corrected chi connectivity index (χ2v) is 8.88. The third-order valence-electron chi connectivity index (χ3n) is 5.73. The first-order valence-electron chi connectivity index (χ1n) is 10.8. The molecule has 1 fully saturated rings. The Morgan fingerprint density at radius 1 is 1.19 bits per heavy atom. The molecule has 2 heterocycles. The lowest BCUT2D eigenvalue weighted by Crippen LogP contribution is -2.37. The normalized spacial score (nSPS) is 15.0. The first kappa shape index (κ1) is 21.5. The number of thiazole rings is 1. The van der Waals surface area contributed by atoms with Crippen LogP contribution in [0, 0.1) is 6.92 Å². The molecular weight excluding hydrogens is 406 g/mol. The highest BCUT2D eigenvalue weighted by molar-refractivity contribution is 7.13. The molecule has 6 heteroatoms. The summed E-state index contributed by atoms with van der Waals surface area (Å²) in [6.07, 6.45) is 2.72. The topological polar surface area (TPSA) is 54.5 Å². The summed E-state index contributed by atoms with van der Waals surface area (Å²) in [5.74, 6) is 0.861.